The Hall–Kier alpha value is -1.44. The van der Waals surface area contributed by atoms with Crippen LogP contribution in [0.4, 0.5) is 0 Å². The first-order chi connectivity index (χ1) is 30.3. The van der Waals surface area contributed by atoms with Crippen molar-refractivity contribution in [3.8, 4) is 0 Å². The van der Waals surface area contributed by atoms with Crippen LogP contribution in [-0.4, -0.2) is 88.4 Å². The molecule has 0 bridgehead atoms. The number of carbonyl (C=O) groups excluding carboxylic acids is 2. The lowest BCUT2D eigenvalue weighted by Gasteiger charge is -2.22. The second-order valence-electron chi connectivity index (χ2n) is 18.7. The molecule has 0 saturated carbocycles. The molecule has 2 atom stereocenters. The number of ether oxygens (including phenoxy) is 3. The summed E-state index contributed by atoms with van der Waals surface area (Å²) < 4.78 is 17.5. The summed E-state index contributed by atoms with van der Waals surface area (Å²) in [5.41, 5.74) is 0. The van der Waals surface area contributed by atoms with Gasteiger partial charge in [0.1, 0.15) is 0 Å². The number of hydrogen-bond donors (Lipinski definition) is 0. The van der Waals surface area contributed by atoms with Gasteiger partial charge in [-0.25, -0.2) is 0 Å². The Morgan fingerprint density at radius 2 is 0.774 bits per heavy atom. The molecule has 0 aliphatic heterocycles. The molecular weight excluding hydrogens is 769 g/mol. The third-order valence-electron chi connectivity index (χ3n) is 12.2. The minimum absolute atomic E-state index is 0.0620. The van der Waals surface area contributed by atoms with Crippen molar-refractivity contribution in [2.45, 2.75) is 253 Å². The van der Waals surface area contributed by atoms with Gasteiger partial charge < -0.3 is 24.0 Å². The lowest BCUT2D eigenvalue weighted by Crippen LogP contribution is -2.30. The van der Waals surface area contributed by atoms with E-state index in [1.807, 2.05) is 6.08 Å². The van der Waals surface area contributed by atoms with Gasteiger partial charge >= 0.3 is 11.9 Å². The predicted molar refractivity (Wildman–Crippen MR) is 270 cm³/mol. The molecular formula is C55H110N2O5. The summed E-state index contributed by atoms with van der Waals surface area (Å²) in [5.74, 6) is 0.316. The molecule has 0 N–H and O–H groups in total. The zero-order valence-corrected chi connectivity index (χ0v) is 43.1. The standard InChI is InChI=1S/C49H97NO5.C6H13N/c1-6-11-15-19-21-29-37-46(35-27-17-13-8-3)48(51)54-43-33-25-23-31-39-50(41-45-53-42-10-5)40-32-24-26-34-44-55-49(52)47(36-28-18-14-9-4)38-30-22-20-16-12-7-2;1-4-5-6-7(2)3/h46-47H,6-45H2,1-5H3;4H,1,5-6H2,2-3H3. The SMILES string of the molecule is C=CCCN(C)C.CCCCCCCCC(CCCCCC)C(=O)OCCCCCCN(CCCCCCOC(=O)C(CCCCCC)CCCCCCCC)CCOCCC. The van der Waals surface area contributed by atoms with E-state index in [1.54, 1.807) is 0 Å². The first-order valence-corrected chi connectivity index (χ1v) is 27.2. The maximum absolute atomic E-state index is 13.0. The van der Waals surface area contributed by atoms with Crippen LogP contribution in [0.15, 0.2) is 12.7 Å². The summed E-state index contributed by atoms with van der Waals surface area (Å²) >= 11 is 0. The molecule has 0 saturated heterocycles. The van der Waals surface area contributed by atoms with Crippen molar-refractivity contribution in [3.63, 3.8) is 0 Å². The fraction of sp³-hybridized carbons (Fsp3) is 0.927. The van der Waals surface area contributed by atoms with Crippen LogP contribution in [0.25, 0.3) is 0 Å². The van der Waals surface area contributed by atoms with Gasteiger partial charge in [-0.3, -0.25) is 9.59 Å². The Labute approximate surface area is 388 Å². The molecule has 0 aromatic rings. The average molecular weight is 879 g/mol. The van der Waals surface area contributed by atoms with Crippen molar-refractivity contribution in [1.29, 1.82) is 0 Å². The minimum atomic E-state index is 0.0620. The molecule has 0 aliphatic carbocycles. The quantitative estimate of drug-likeness (QED) is 0.0343. The minimum Gasteiger partial charge on any atom is -0.465 e. The highest BCUT2D eigenvalue weighted by molar-refractivity contribution is 5.72. The fourth-order valence-corrected chi connectivity index (χ4v) is 8.03. The largest absolute Gasteiger partial charge is 0.465 e. The smallest absolute Gasteiger partial charge is 0.308 e. The molecule has 370 valence electrons. The Morgan fingerprint density at radius 3 is 1.13 bits per heavy atom. The van der Waals surface area contributed by atoms with E-state index in [0.29, 0.717) is 13.2 Å². The number of nitrogens with zero attached hydrogens (tertiary/aromatic N) is 2. The van der Waals surface area contributed by atoms with E-state index in [1.165, 1.54) is 128 Å². The summed E-state index contributed by atoms with van der Waals surface area (Å²) in [6.07, 6.45) is 42.0. The zero-order valence-electron chi connectivity index (χ0n) is 43.1. The third-order valence-corrected chi connectivity index (χ3v) is 12.2. The number of rotatable bonds is 48. The van der Waals surface area contributed by atoms with Crippen LogP contribution in [0.1, 0.15) is 253 Å². The Bertz CT molecular complexity index is 856. The van der Waals surface area contributed by atoms with Crippen LogP contribution in [0.5, 0.6) is 0 Å². The molecule has 0 spiro atoms. The van der Waals surface area contributed by atoms with Gasteiger partial charge in [0.25, 0.3) is 0 Å². The van der Waals surface area contributed by atoms with Crippen molar-refractivity contribution < 1.29 is 23.8 Å². The van der Waals surface area contributed by atoms with Gasteiger partial charge in [0.05, 0.1) is 31.7 Å². The highest BCUT2D eigenvalue weighted by Crippen LogP contribution is 2.22. The normalized spacial score (nSPS) is 12.3. The highest BCUT2D eigenvalue weighted by atomic mass is 16.5. The first kappa shape index (κ1) is 62.6. The van der Waals surface area contributed by atoms with Crippen molar-refractivity contribution >= 4 is 11.9 Å². The lowest BCUT2D eigenvalue weighted by molar-refractivity contribution is -0.150. The third kappa shape index (κ3) is 46.5. The molecule has 0 aromatic heterocycles. The van der Waals surface area contributed by atoms with E-state index < -0.39 is 0 Å². The molecule has 0 aromatic carbocycles. The predicted octanol–water partition coefficient (Wildman–Crippen LogP) is 15.7. The molecule has 62 heavy (non-hydrogen) atoms. The number of unbranched alkanes of at least 4 members (excludes halogenated alkanes) is 22. The summed E-state index contributed by atoms with van der Waals surface area (Å²) in [5, 5.41) is 0. The molecule has 7 nitrogen and oxygen atoms in total. The summed E-state index contributed by atoms with van der Waals surface area (Å²) in [6, 6.07) is 0. The maximum atomic E-state index is 13.0. The molecule has 0 radical (unpaired) electrons. The van der Waals surface area contributed by atoms with Gasteiger partial charge in [-0.2, -0.15) is 0 Å². The summed E-state index contributed by atoms with van der Waals surface area (Å²) in [7, 11) is 4.12. The van der Waals surface area contributed by atoms with Crippen molar-refractivity contribution in [2.75, 3.05) is 66.7 Å². The Kier molecular flexibility index (Phi) is 52.7. The topological polar surface area (TPSA) is 68.3 Å². The van der Waals surface area contributed by atoms with Crippen LogP contribution in [0, 0.1) is 11.8 Å². The first-order valence-electron chi connectivity index (χ1n) is 27.2. The maximum Gasteiger partial charge on any atom is 0.308 e. The van der Waals surface area contributed by atoms with E-state index in [-0.39, 0.29) is 23.8 Å². The summed E-state index contributed by atoms with van der Waals surface area (Å²) in [4.78, 5) is 30.7. The van der Waals surface area contributed by atoms with Gasteiger partial charge in [-0.15, -0.1) is 6.58 Å². The van der Waals surface area contributed by atoms with E-state index in [2.05, 4.69) is 65.1 Å². The molecule has 0 aliphatic rings. The van der Waals surface area contributed by atoms with Crippen molar-refractivity contribution in [1.82, 2.24) is 9.80 Å². The van der Waals surface area contributed by atoms with Crippen LogP contribution in [-0.2, 0) is 23.8 Å². The molecule has 0 heterocycles. The summed E-state index contributed by atoms with van der Waals surface area (Å²) in [6.45, 7) is 21.9. The Balaban J connectivity index is 0. The van der Waals surface area contributed by atoms with E-state index in [0.717, 1.165) is 129 Å². The number of carbonyl (C=O) groups is 2. The van der Waals surface area contributed by atoms with Crippen LogP contribution in [0.3, 0.4) is 0 Å². The fourth-order valence-electron chi connectivity index (χ4n) is 8.03. The van der Waals surface area contributed by atoms with Gasteiger partial charge in [0, 0.05) is 19.7 Å². The number of esters is 2. The monoisotopic (exact) mass is 879 g/mol. The van der Waals surface area contributed by atoms with E-state index >= 15 is 0 Å². The zero-order chi connectivity index (χ0) is 46.0. The number of hydrogen-bond acceptors (Lipinski definition) is 7. The average Bonchev–Trinajstić information content (AvgIpc) is 3.27. The van der Waals surface area contributed by atoms with Gasteiger partial charge in [-0.1, -0.05) is 195 Å². The van der Waals surface area contributed by atoms with Crippen LogP contribution < -0.4 is 0 Å². The second kappa shape index (κ2) is 52.2. The van der Waals surface area contributed by atoms with Gasteiger partial charge in [-0.05, 0) is 91.4 Å². The van der Waals surface area contributed by atoms with E-state index in [4.69, 9.17) is 14.2 Å². The van der Waals surface area contributed by atoms with E-state index in [9.17, 15) is 9.59 Å². The van der Waals surface area contributed by atoms with Crippen molar-refractivity contribution in [3.05, 3.63) is 12.7 Å². The van der Waals surface area contributed by atoms with Gasteiger partial charge in [0.15, 0.2) is 0 Å². The molecule has 7 heteroatoms. The molecule has 2 unspecified atom stereocenters. The molecule has 0 rings (SSSR count). The van der Waals surface area contributed by atoms with Crippen molar-refractivity contribution in [2.24, 2.45) is 11.8 Å². The second-order valence-corrected chi connectivity index (χ2v) is 18.7. The van der Waals surface area contributed by atoms with Crippen LogP contribution >= 0.6 is 0 Å². The van der Waals surface area contributed by atoms with Gasteiger partial charge in [0.2, 0.25) is 0 Å². The molecule has 0 fully saturated rings. The lowest BCUT2D eigenvalue weighted by atomic mass is 9.94. The highest BCUT2D eigenvalue weighted by Gasteiger charge is 2.20. The Morgan fingerprint density at radius 1 is 0.419 bits per heavy atom. The molecule has 0 amide bonds. The van der Waals surface area contributed by atoms with Crippen LogP contribution in [0.2, 0.25) is 0 Å².